The van der Waals surface area contributed by atoms with Crippen LogP contribution < -0.4 is 16.0 Å². The van der Waals surface area contributed by atoms with Crippen molar-refractivity contribution in [2.24, 2.45) is 0 Å². The quantitative estimate of drug-likeness (QED) is 0.762. The number of carbonyl (C=O) groups is 2. The van der Waals surface area contributed by atoms with Gasteiger partial charge in [-0.05, 0) is 0 Å². The number of nitrogen functional groups attached to an aromatic ring is 1. The van der Waals surface area contributed by atoms with Gasteiger partial charge in [0, 0.05) is 27.1 Å². The summed E-state index contributed by atoms with van der Waals surface area (Å²) in [6.07, 6.45) is 0. The molecular formula is C12H17N3O4S2. The molecule has 1 aliphatic heterocycles. The largest absolute Gasteiger partial charge is 0.397 e. The molecule has 7 nitrogen and oxygen atoms in total. The number of anilines is 2. The molecule has 9 heteroatoms. The number of Topliss-reactive ketones (excluding diaryl/α,β-unsaturated/α-hetero) is 1. The van der Waals surface area contributed by atoms with Gasteiger partial charge < -0.3 is 16.0 Å². The highest BCUT2D eigenvalue weighted by atomic mass is 32.2. The van der Waals surface area contributed by atoms with Crippen molar-refractivity contribution in [3.63, 3.8) is 0 Å². The van der Waals surface area contributed by atoms with Gasteiger partial charge in [0.2, 0.25) is 0 Å². The van der Waals surface area contributed by atoms with E-state index in [1.165, 1.54) is 14.0 Å². The fourth-order valence-electron chi connectivity index (χ4n) is 2.18. The standard InChI is InChI=1S/C12H17N3O4S2/c1-7(16)10-9(13)8(11(17)14-2)12(20-10)15-3-5-21(18,19)6-4-15/h3-6,13H2,1-2H3,(H,14,17). The lowest BCUT2D eigenvalue weighted by Crippen LogP contribution is -2.40. The van der Waals surface area contributed by atoms with Gasteiger partial charge in [-0.2, -0.15) is 0 Å². The van der Waals surface area contributed by atoms with Crippen molar-refractivity contribution in [1.82, 2.24) is 5.32 Å². The Morgan fingerprint density at radius 3 is 2.33 bits per heavy atom. The topological polar surface area (TPSA) is 110 Å². The fraction of sp³-hybridized carbons (Fsp3) is 0.500. The Morgan fingerprint density at radius 2 is 1.86 bits per heavy atom. The van der Waals surface area contributed by atoms with Crippen molar-refractivity contribution in [1.29, 1.82) is 0 Å². The normalized spacial score (nSPS) is 17.5. The second-order valence-corrected chi connectivity index (χ2v) is 8.10. The SMILES string of the molecule is CNC(=O)c1c(N2CCS(=O)(=O)CC2)sc(C(C)=O)c1N. The first-order chi connectivity index (χ1) is 9.76. The molecule has 0 saturated carbocycles. The van der Waals surface area contributed by atoms with Crippen molar-refractivity contribution < 1.29 is 18.0 Å². The molecule has 0 radical (unpaired) electrons. The number of thiophene rings is 1. The molecule has 0 unspecified atom stereocenters. The van der Waals surface area contributed by atoms with Crippen LogP contribution >= 0.6 is 11.3 Å². The van der Waals surface area contributed by atoms with Crippen LogP contribution in [0.5, 0.6) is 0 Å². The van der Waals surface area contributed by atoms with E-state index in [1.807, 2.05) is 0 Å². The molecule has 1 amide bonds. The number of amides is 1. The number of ketones is 1. The summed E-state index contributed by atoms with van der Waals surface area (Å²) in [5.74, 6) is -0.515. The van der Waals surface area contributed by atoms with Crippen molar-refractivity contribution >= 4 is 43.6 Å². The highest BCUT2D eigenvalue weighted by Gasteiger charge is 2.30. The number of nitrogens with zero attached hydrogens (tertiary/aromatic N) is 1. The first-order valence-corrected chi connectivity index (χ1v) is 9.01. The molecule has 0 aromatic carbocycles. The molecule has 2 rings (SSSR count). The lowest BCUT2D eigenvalue weighted by molar-refractivity contribution is 0.0964. The Bertz CT molecular complexity index is 680. The molecule has 0 bridgehead atoms. The summed E-state index contributed by atoms with van der Waals surface area (Å²) >= 11 is 1.14. The second kappa shape index (κ2) is 5.64. The van der Waals surface area contributed by atoms with Crippen LogP contribution in [0.1, 0.15) is 27.0 Å². The third-order valence-corrected chi connectivity index (χ3v) is 6.31. The van der Waals surface area contributed by atoms with Crippen LogP contribution in [-0.4, -0.2) is 51.8 Å². The Balaban J connectivity index is 2.45. The summed E-state index contributed by atoms with van der Waals surface area (Å²) in [4.78, 5) is 25.8. The molecule has 0 aliphatic carbocycles. The van der Waals surface area contributed by atoms with E-state index in [1.54, 1.807) is 4.90 Å². The highest BCUT2D eigenvalue weighted by molar-refractivity contribution is 7.91. The predicted octanol–water partition coefficient (Wildman–Crippen LogP) is 0.127. The minimum absolute atomic E-state index is 0.0351. The summed E-state index contributed by atoms with van der Waals surface area (Å²) in [5, 5.41) is 3.06. The zero-order valence-electron chi connectivity index (χ0n) is 11.8. The molecule has 0 spiro atoms. The molecule has 1 aromatic rings. The van der Waals surface area contributed by atoms with Crippen LogP contribution in [0.3, 0.4) is 0 Å². The van der Waals surface area contributed by atoms with Crippen LogP contribution in [0, 0.1) is 0 Å². The van der Waals surface area contributed by atoms with Gasteiger partial charge in [0.15, 0.2) is 15.6 Å². The van der Waals surface area contributed by atoms with Crippen LogP contribution in [0.2, 0.25) is 0 Å². The van der Waals surface area contributed by atoms with Crippen molar-refractivity contribution in [2.45, 2.75) is 6.92 Å². The van der Waals surface area contributed by atoms with Crippen molar-refractivity contribution in [3.8, 4) is 0 Å². The van der Waals surface area contributed by atoms with E-state index in [2.05, 4.69) is 5.32 Å². The average molecular weight is 331 g/mol. The smallest absolute Gasteiger partial charge is 0.256 e. The first-order valence-electron chi connectivity index (χ1n) is 6.37. The summed E-state index contributed by atoms with van der Waals surface area (Å²) in [6.45, 7) is 1.98. The lowest BCUT2D eigenvalue weighted by Gasteiger charge is -2.28. The minimum Gasteiger partial charge on any atom is -0.397 e. The fourth-order valence-corrected chi connectivity index (χ4v) is 4.54. The van der Waals surface area contributed by atoms with E-state index < -0.39 is 9.84 Å². The molecule has 21 heavy (non-hydrogen) atoms. The van der Waals surface area contributed by atoms with Gasteiger partial charge in [-0.15, -0.1) is 11.3 Å². The van der Waals surface area contributed by atoms with Crippen LogP contribution in [0.25, 0.3) is 0 Å². The van der Waals surface area contributed by atoms with Gasteiger partial charge in [-0.3, -0.25) is 9.59 Å². The van der Waals surface area contributed by atoms with E-state index in [4.69, 9.17) is 5.73 Å². The molecule has 2 heterocycles. The maximum absolute atomic E-state index is 12.0. The zero-order valence-corrected chi connectivity index (χ0v) is 13.4. The highest BCUT2D eigenvalue weighted by Crippen LogP contribution is 2.39. The Hall–Kier alpha value is -1.61. The van der Waals surface area contributed by atoms with Crippen LogP contribution in [0.15, 0.2) is 0 Å². The summed E-state index contributed by atoms with van der Waals surface area (Å²) in [6, 6.07) is 0. The number of hydrogen-bond donors (Lipinski definition) is 2. The number of carbonyl (C=O) groups excluding carboxylic acids is 2. The summed E-state index contributed by atoms with van der Waals surface area (Å²) in [7, 11) is -1.53. The maximum Gasteiger partial charge on any atom is 0.256 e. The third-order valence-electron chi connectivity index (χ3n) is 3.33. The zero-order chi connectivity index (χ0) is 15.8. The number of rotatable bonds is 3. The number of sulfone groups is 1. The van der Waals surface area contributed by atoms with E-state index in [0.29, 0.717) is 23.0 Å². The molecule has 1 saturated heterocycles. The number of nitrogens with two attached hydrogens (primary N) is 1. The molecule has 1 aliphatic rings. The van der Waals surface area contributed by atoms with Gasteiger partial charge >= 0.3 is 0 Å². The average Bonchev–Trinajstić information content (AvgIpc) is 2.75. The number of nitrogens with one attached hydrogen (secondary N) is 1. The van der Waals surface area contributed by atoms with E-state index in [0.717, 1.165) is 11.3 Å². The molecule has 3 N–H and O–H groups in total. The first kappa shape index (κ1) is 15.8. The summed E-state index contributed by atoms with van der Waals surface area (Å²) < 4.78 is 23.0. The molecule has 0 atom stereocenters. The lowest BCUT2D eigenvalue weighted by atomic mass is 10.2. The second-order valence-electron chi connectivity index (χ2n) is 4.80. The monoisotopic (exact) mass is 331 g/mol. The van der Waals surface area contributed by atoms with E-state index >= 15 is 0 Å². The van der Waals surface area contributed by atoms with E-state index in [-0.39, 0.29) is 34.4 Å². The van der Waals surface area contributed by atoms with Gasteiger partial charge in [0.05, 0.1) is 27.6 Å². The molecular weight excluding hydrogens is 314 g/mol. The van der Waals surface area contributed by atoms with Gasteiger partial charge in [0.1, 0.15) is 5.00 Å². The van der Waals surface area contributed by atoms with E-state index in [9.17, 15) is 18.0 Å². The molecule has 1 aromatic heterocycles. The van der Waals surface area contributed by atoms with Gasteiger partial charge in [-0.1, -0.05) is 0 Å². The van der Waals surface area contributed by atoms with Gasteiger partial charge in [0.25, 0.3) is 5.91 Å². The minimum atomic E-state index is -3.02. The Labute approximate surface area is 127 Å². The maximum atomic E-state index is 12.0. The van der Waals surface area contributed by atoms with Gasteiger partial charge in [-0.25, -0.2) is 8.42 Å². The van der Waals surface area contributed by atoms with Crippen molar-refractivity contribution in [3.05, 3.63) is 10.4 Å². The van der Waals surface area contributed by atoms with Crippen LogP contribution in [-0.2, 0) is 9.84 Å². The third kappa shape index (κ3) is 3.03. The molecule has 1 fully saturated rings. The van der Waals surface area contributed by atoms with Crippen LogP contribution in [0.4, 0.5) is 10.7 Å². The Morgan fingerprint density at radius 1 is 1.29 bits per heavy atom. The van der Waals surface area contributed by atoms with Crippen molar-refractivity contribution in [2.75, 3.05) is 42.3 Å². The summed E-state index contributed by atoms with van der Waals surface area (Å²) in [5.41, 5.74) is 6.34. The predicted molar refractivity (Wildman–Crippen MR) is 83.0 cm³/mol. The number of hydrogen-bond acceptors (Lipinski definition) is 7. The molecule has 116 valence electrons. The Kier molecular flexibility index (Phi) is 4.24.